The standard InChI is InChI=1S/C18H21NO4/c1-4-16(23-14-11-9-13(21-2)10-12-14)18(20)19-15-7-5-6-8-17(15)22-3/h5-12,16H,4H2,1-3H3,(H,19,20)/t16-/m1/s1. The van der Waals surface area contributed by atoms with Crippen molar-refractivity contribution in [1.82, 2.24) is 0 Å². The molecule has 23 heavy (non-hydrogen) atoms. The topological polar surface area (TPSA) is 56.8 Å². The highest BCUT2D eigenvalue weighted by molar-refractivity contribution is 5.95. The fourth-order valence-corrected chi connectivity index (χ4v) is 2.10. The molecule has 0 aliphatic carbocycles. The molecule has 0 fully saturated rings. The number of hydrogen-bond acceptors (Lipinski definition) is 4. The molecule has 0 bridgehead atoms. The van der Waals surface area contributed by atoms with Gasteiger partial charge in [-0.15, -0.1) is 0 Å². The molecule has 0 aliphatic rings. The third kappa shape index (κ3) is 4.39. The van der Waals surface area contributed by atoms with Crippen LogP contribution in [-0.4, -0.2) is 26.2 Å². The van der Waals surface area contributed by atoms with Crippen molar-refractivity contribution in [3.63, 3.8) is 0 Å². The van der Waals surface area contributed by atoms with Crippen LogP contribution < -0.4 is 19.5 Å². The van der Waals surface area contributed by atoms with Gasteiger partial charge in [-0.25, -0.2) is 0 Å². The lowest BCUT2D eigenvalue weighted by atomic mass is 10.2. The summed E-state index contributed by atoms with van der Waals surface area (Å²) in [6.45, 7) is 1.90. The van der Waals surface area contributed by atoms with Crippen molar-refractivity contribution in [2.24, 2.45) is 0 Å². The van der Waals surface area contributed by atoms with E-state index in [0.29, 0.717) is 23.6 Å². The summed E-state index contributed by atoms with van der Waals surface area (Å²) in [5.41, 5.74) is 0.622. The average molecular weight is 315 g/mol. The maximum absolute atomic E-state index is 12.4. The van der Waals surface area contributed by atoms with Crippen LogP contribution in [0.25, 0.3) is 0 Å². The number of carbonyl (C=O) groups is 1. The van der Waals surface area contributed by atoms with Crippen LogP contribution in [0.15, 0.2) is 48.5 Å². The fourth-order valence-electron chi connectivity index (χ4n) is 2.10. The van der Waals surface area contributed by atoms with Crippen molar-refractivity contribution in [3.05, 3.63) is 48.5 Å². The normalized spacial score (nSPS) is 11.4. The minimum absolute atomic E-state index is 0.215. The Morgan fingerprint density at radius 2 is 1.65 bits per heavy atom. The number of amides is 1. The molecule has 5 heteroatoms. The Morgan fingerprint density at radius 1 is 1.00 bits per heavy atom. The molecule has 0 spiro atoms. The van der Waals surface area contributed by atoms with Gasteiger partial charge in [-0.05, 0) is 42.8 Å². The molecule has 0 aliphatic heterocycles. The van der Waals surface area contributed by atoms with E-state index in [1.807, 2.05) is 19.1 Å². The summed E-state index contributed by atoms with van der Waals surface area (Å²) in [7, 11) is 3.17. The lowest BCUT2D eigenvalue weighted by molar-refractivity contribution is -0.122. The Hall–Kier alpha value is -2.69. The quantitative estimate of drug-likeness (QED) is 0.849. The molecule has 2 aromatic carbocycles. The monoisotopic (exact) mass is 315 g/mol. The lowest BCUT2D eigenvalue weighted by Crippen LogP contribution is -2.32. The van der Waals surface area contributed by atoms with E-state index >= 15 is 0 Å². The van der Waals surface area contributed by atoms with Crippen LogP contribution in [0.1, 0.15) is 13.3 Å². The molecule has 2 rings (SSSR count). The zero-order chi connectivity index (χ0) is 16.7. The van der Waals surface area contributed by atoms with E-state index in [4.69, 9.17) is 14.2 Å². The fraction of sp³-hybridized carbons (Fsp3) is 0.278. The van der Waals surface area contributed by atoms with Gasteiger partial charge in [-0.2, -0.15) is 0 Å². The van der Waals surface area contributed by atoms with Gasteiger partial charge in [0.2, 0.25) is 0 Å². The number of rotatable bonds is 7. The predicted octanol–water partition coefficient (Wildman–Crippen LogP) is 3.50. The second-order valence-electron chi connectivity index (χ2n) is 4.88. The van der Waals surface area contributed by atoms with Crippen LogP contribution in [0, 0.1) is 0 Å². The molecule has 0 saturated heterocycles. The van der Waals surface area contributed by atoms with Gasteiger partial charge in [-0.1, -0.05) is 19.1 Å². The van der Waals surface area contributed by atoms with Crippen LogP contribution in [0.2, 0.25) is 0 Å². The summed E-state index contributed by atoms with van der Waals surface area (Å²) >= 11 is 0. The summed E-state index contributed by atoms with van der Waals surface area (Å²) in [6, 6.07) is 14.4. The van der Waals surface area contributed by atoms with Crippen molar-refractivity contribution < 1.29 is 19.0 Å². The van der Waals surface area contributed by atoms with Gasteiger partial charge >= 0.3 is 0 Å². The summed E-state index contributed by atoms with van der Waals surface area (Å²) in [4.78, 5) is 12.4. The van der Waals surface area contributed by atoms with Gasteiger partial charge in [0, 0.05) is 0 Å². The first-order valence-electron chi connectivity index (χ1n) is 7.42. The van der Waals surface area contributed by atoms with Gasteiger partial charge < -0.3 is 19.5 Å². The Bertz CT molecular complexity index is 640. The first-order valence-corrected chi connectivity index (χ1v) is 7.42. The predicted molar refractivity (Wildman–Crippen MR) is 89.3 cm³/mol. The largest absolute Gasteiger partial charge is 0.497 e. The maximum Gasteiger partial charge on any atom is 0.265 e. The number of para-hydroxylation sites is 2. The van der Waals surface area contributed by atoms with E-state index in [9.17, 15) is 4.79 Å². The third-order valence-corrected chi connectivity index (χ3v) is 3.37. The SMILES string of the molecule is CC[C@@H](Oc1ccc(OC)cc1)C(=O)Nc1ccccc1OC. The summed E-state index contributed by atoms with van der Waals surface area (Å²) < 4.78 is 16.1. The minimum atomic E-state index is -0.590. The minimum Gasteiger partial charge on any atom is -0.497 e. The van der Waals surface area contributed by atoms with E-state index in [1.54, 1.807) is 50.6 Å². The molecule has 0 unspecified atom stereocenters. The molecule has 0 aromatic heterocycles. The van der Waals surface area contributed by atoms with Crippen LogP contribution >= 0.6 is 0 Å². The number of methoxy groups -OCH3 is 2. The number of hydrogen-bond donors (Lipinski definition) is 1. The Morgan fingerprint density at radius 3 is 2.26 bits per heavy atom. The van der Waals surface area contributed by atoms with E-state index in [1.165, 1.54) is 0 Å². The molecule has 1 atom stereocenters. The first-order chi connectivity index (χ1) is 11.2. The number of nitrogens with one attached hydrogen (secondary N) is 1. The molecule has 0 heterocycles. The van der Waals surface area contributed by atoms with Crippen molar-refractivity contribution in [1.29, 1.82) is 0 Å². The Labute approximate surface area is 136 Å². The zero-order valence-corrected chi connectivity index (χ0v) is 13.5. The summed E-state index contributed by atoms with van der Waals surface area (Å²) in [5, 5.41) is 2.84. The number of benzene rings is 2. The van der Waals surface area contributed by atoms with Crippen LogP contribution in [0.4, 0.5) is 5.69 Å². The number of ether oxygens (including phenoxy) is 3. The maximum atomic E-state index is 12.4. The summed E-state index contributed by atoms with van der Waals surface area (Å²) in [6.07, 6.45) is -0.0409. The van der Waals surface area contributed by atoms with Crippen molar-refractivity contribution in [2.45, 2.75) is 19.4 Å². The Balaban J connectivity index is 2.05. The smallest absolute Gasteiger partial charge is 0.265 e. The van der Waals surface area contributed by atoms with E-state index in [-0.39, 0.29) is 5.91 Å². The van der Waals surface area contributed by atoms with E-state index < -0.39 is 6.10 Å². The average Bonchev–Trinajstić information content (AvgIpc) is 2.60. The highest BCUT2D eigenvalue weighted by Gasteiger charge is 2.19. The van der Waals surface area contributed by atoms with Gasteiger partial charge in [0.25, 0.3) is 5.91 Å². The van der Waals surface area contributed by atoms with Crippen molar-refractivity contribution in [3.8, 4) is 17.2 Å². The van der Waals surface area contributed by atoms with Crippen LogP contribution in [0.3, 0.4) is 0 Å². The first kappa shape index (κ1) is 16.7. The Kier molecular flexibility index (Phi) is 5.86. The molecule has 0 saturated carbocycles. The van der Waals surface area contributed by atoms with Gasteiger partial charge in [0.1, 0.15) is 17.2 Å². The molecule has 0 radical (unpaired) electrons. The molecule has 1 amide bonds. The van der Waals surface area contributed by atoms with Crippen molar-refractivity contribution >= 4 is 11.6 Å². The van der Waals surface area contributed by atoms with Gasteiger partial charge in [0.15, 0.2) is 6.10 Å². The van der Waals surface area contributed by atoms with Crippen LogP contribution in [0.5, 0.6) is 17.2 Å². The second kappa shape index (κ2) is 8.08. The highest BCUT2D eigenvalue weighted by Crippen LogP contribution is 2.24. The van der Waals surface area contributed by atoms with E-state index in [0.717, 1.165) is 5.75 Å². The molecular weight excluding hydrogens is 294 g/mol. The molecular formula is C18H21NO4. The summed E-state index contributed by atoms with van der Waals surface area (Å²) in [5.74, 6) is 1.75. The zero-order valence-electron chi connectivity index (χ0n) is 13.5. The number of anilines is 1. The highest BCUT2D eigenvalue weighted by atomic mass is 16.5. The number of carbonyl (C=O) groups excluding carboxylic acids is 1. The van der Waals surface area contributed by atoms with Crippen molar-refractivity contribution in [2.75, 3.05) is 19.5 Å². The molecule has 1 N–H and O–H groups in total. The van der Waals surface area contributed by atoms with Crippen LogP contribution in [-0.2, 0) is 4.79 Å². The van der Waals surface area contributed by atoms with E-state index in [2.05, 4.69) is 5.32 Å². The molecule has 2 aromatic rings. The molecule has 122 valence electrons. The van der Waals surface area contributed by atoms with Gasteiger partial charge in [0.05, 0.1) is 19.9 Å². The molecule has 5 nitrogen and oxygen atoms in total. The van der Waals surface area contributed by atoms with Gasteiger partial charge in [-0.3, -0.25) is 4.79 Å². The second-order valence-corrected chi connectivity index (χ2v) is 4.88. The lowest BCUT2D eigenvalue weighted by Gasteiger charge is -2.18. The third-order valence-electron chi connectivity index (χ3n) is 3.37.